The lowest BCUT2D eigenvalue weighted by Gasteiger charge is -2.41. The number of aliphatic hydroxyl groups is 4. The number of nitriles is 4. The van der Waals surface area contributed by atoms with E-state index in [1.54, 1.807) is 125 Å². The Labute approximate surface area is 651 Å². The summed E-state index contributed by atoms with van der Waals surface area (Å²) in [5.74, 6) is 0. The summed E-state index contributed by atoms with van der Waals surface area (Å²) in [6.45, 7) is 18.5. The molecule has 108 heavy (non-hydrogen) atoms. The van der Waals surface area contributed by atoms with Gasteiger partial charge in [-0.3, -0.25) is 0 Å². The third-order valence-corrected chi connectivity index (χ3v) is 32.0. The maximum Gasteiger partial charge on any atom is 0.252 e. The number of piperazine rings is 4. The van der Waals surface area contributed by atoms with Crippen LogP contribution in [0.3, 0.4) is 0 Å². The van der Waals surface area contributed by atoms with Crippen LogP contribution in [0.15, 0.2) is 184 Å². The summed E-state index contributed by atoms with van der Waals surface area (Å²) in [6.07, 6.45) is 0.959. The maximum absolute atomic E-state index is 12.8. The van der Waals surface area contributed by atoms with Crippen molar-refractivity contribution in [1.29, 1.82) is 21.0 Å². The molecular formula is C76H92N12O12S8. The molecule has 12 rings (SSSR count). The largest absolute Gasteiger partial charge is 0.386 e. The number of anilines is 4. The third kappa shape index (κ3) is 20.7. The molecule has 576 valence electrons. The zero-order valence-electron chi connectivity index (χ0n) is 61.5. The molecule has 4 aliphatic heterocycles. The van der Waals surface area contributed by atoms with E-state index in [0.717, 1.165) is 45.0 Å². The highest BCUT2D eigenvalue weighted by Crippen LogP contribution is 2.36. The second kappa shape index (κ2) is 35.6. The third-order valence-electron chi connectivity index (χ3n) is 19.1. The predicted octanol–water partition coefficient (Wildman–Crippen LogP) is 11.1. The monoisotopic (exact) mass is 1620 g/mol. The smallest absolute Gasteiger partial charge is 0.252 e. The van der Waals surface area contributed by atoms with Gasteiger partial charge in [-0.1, -0.05) is 72.8 Å². The summed E-state index contributed by atoms with van der Waals surface area (Å²) in [6, 6.07) is 51.5. The Balaban J connectivity index is 0.000000166. The van der Waals surface area contributed by atoms with Crippen LogP contribution in [0.2, 0.25) is 0 Å². The Hall–Kier alpha value is -7.68. The van der Waals surface area contributed by atoms with Gasteiger partial charge >= 0.3 is 0 Å². The van der Waals surface area contributed by atoms with Gasteiger partial charge in [0.05, 0.1) is 96.5 Å². The molecule has 0 saturated carbocycles. The van der Waals surface area contributed by atoms with Gasteiger partial charge in [-0.25, -0.2) is 33.7 Å². The van der Waals surface area contributed by atoms with Crippen molar-refractivity contribution in [3.05, 3.63) is 189 Å². The van der Waals surface area contributed by atoms with E-state index in [9.17, 15) is 75.1 Å². The summed E-state index contributed by atoms with van der Waals surface area (Å²) in [5, 5.41) is 84.4. The van der Waals surface area contributed by atoms with Crippen LogP contribution in [-0.2, 0) is 62.5 Å². The summed E-state index contributed by atoms with van der Waals surface area (Å²) < 4.78 is 110. The molecule has 8 aromatic rings. The average Bonchev–Trinajstić information content (AvgIpc) is 1.09. The summed E-state index contributed by atoms with van der Waals surface area (Å²) in [7, 11) is -14.1. The number of rotatable bonds is 20. The number of hydrogen-bond donors (Lipinski definition) is 4. The lowest BCUT2D eigenvalue weighted by Crippen LogP contribution is -2.54. The minimum atomic E-state index is -3.52. The van der Waals surface area contributed by atoms with Crippen molar-refractivity contribution in [1.82, 2.24) is 17.2 Å². The first-order chi connectivity index (χ1) is 50.9. The fraction of sp³-hybridized carbons (Fsp3) is 0.421. The van der Waals surface area contributed by atoms with Crippen LogP contribution in [0.4, 0.5) is 22.7 Å². The number of hydrogen-bond acceptors (Lipinski definition) is 24. The van der Waals surface area contributed by atoms with Crippen molar-refractivity contribution >= 4 is 108 Å². The van der Waals surface area contributed by atoms with Crippen LogP contribution in [-0.4, -0.2) is 174 Å². The predicted molar refractivity (Wildman–Crippen MR) is 425 cm³/mol. The van der Waals surface area contributed by atoms with Gasteiger partial charge in [0.25, 0.3) is 40.1 Å². The molecule has 4 atom stereocenters. The lowest BCUT2D eigenvalue weighted by molar-refractivity contribution is 0.0780. The molecule has 4 saturated heterocycles. The molecule has 4 aromatic heterocycles. The van der Waals surface area contributed by atoms with E-state index in [1.165, 1.54) is 62.6 Å². The molecule has 4 N–H and O–H groups in total. The van der Waals surface area contributed by atoms with Crippen molar-refractivity contribution < 1.29 is 54.1 Å². The first-order valence-corrected chi connectivity index (χ1v) is 44.2. The van der Waals surface area contributed by atoms with Crippen molar-refractivity contribution in [3.8, 4) is 24.3 Å². The van der Waals surface area contributed by atoms with E-state index < -0.39 is 62.5 Å². The molecule has 4 aliphatic rings. The molecular weight excluding hydrogens is 1530 g/mol. The normalized spacial score (nSPS) is 19.0. The number of sulfonamides is 4. The quantitative estimate of drug-likeness (QED) is 0.0551. The van der Waals surface area contributed by atoms with E-state index in [1.807, 2.05) is 97.1 Å². The molecule has 0 spiro atoms. The average molecular weight is 1620 g/mol. The first-order valence-electron chi connectivity index (χ1n) is 34.9. The molecule has 32 heteroatoms. The molecule has 0 amide bonds. The lowest BCUT2D eigenvalue weighted by atomic mass is 9.98. The highest BCUT2D eigenvalue weighted by atomic mass is 32.3. The van der Waals surface area contributed by atoms with Crippen molar-refractivity contribution in [2.24, 2.45) is 0 Å². The van der Waals surface area contributed by atoms with E-state index in [4.69, 9.17) is 0 Å². The van der Waals surface area contributed by atoms with Gasteiger partial charge in [-0.05, 0) is 172 Å². The number of thiophene rings is 4. The molecule has 24 nitrogen and oxygen atoms in total. The van der Waals surface area contributed by atoms with Crippen LogP contribution in [0.1, 0.15) is 103 Å². The number of nitrogens with zero attached hydrogens (tertiary/aromatic N) is 12. The molecule has 0 radical (unpaired) electrons. The Kier molecular flexibility index (Phi) is 27.8. The topological polar surface area (TPSA) is 339 Å². The van der Waals surface area contributed by atoms with Crippen molar-refractivity contribution in [3.63, 3.8) is 0 Å². The van der Waals surface area contributed by atoms with Gasteiger partial charge < -0.3 is 40.0 Å². The molecule has 4 fully saturated rings. The highest BCUT2D eigenvalue weighted by molar-refractivity contribution is 7.92. The fourth-order valence-electron chi connectivity index (χ4n) is 13.1. The Morgan fingerprint density at radius 3 is 0.630 bits per heavy atom. The first kappa shape index (κ1) is 84.3. The molecule has 4 aromatic carbocycles. The second-order valence-electron chi connectivity index (χ2n) is 28.4. The maximum atomic E-state index is 12.8. The zero-order chi connectivity index (χ0) is 78.6. The van der Waals surface area contributed by atoms with Crippen LogP contribution < -0.4 is 19.6 Å². The molecule has 0 aliphatic carbocycles. The van der Waals surface area contributed by atoms with Crippen LogP contribution in [0.5, 0.6) is 0 Å². The summed E-state index contributed by atoms with van der Waals surface area (Å²) in [5.41, 5.74) is 3.26. The minimum Gasteiger partial charge on any atom is -0.386 e. The molecule has 8 heterocycles. The van der Waals surface area contributed by atoms with Crippen molar-refractivity contribution in [2.45, 2.75) is 144 Å². The van der Waals surface area contributed by atoms with Gasteiger partial charge in [0.2, 0.25) is 0 Å². The van der Waals surface area contributed by atoms with Gasteiger partial charge in [0.15, 0.2) is 0 Å². The Bertz CT molecular complexity index is 4270. The highest BCUT2D eigenvalue weighted by Gasteiger charge is 2.40. The van der Waals surface area contributed by atoms with Gasteiger partial charge in [-0.2, -0.15) is 38.3 Å². The SMILES string of the molecule is CC(C)(O)c1ccc(N2CCN(S(=O)(=O)c3cccs3)CC2CC#N)cc1.CC(C)(O)c1ccc(N2CCN(S(=O)(=O)c3cccs3)C[C@@H]2CC#N)cc1.CC(C)(O)c1ccc(N2CCN(S(=O)(=O)c3cccs3)C[C@H]2CC#N)cc1.CC(C)(O)c1ccc(N2CCN(S(=O)(=O)c3cccs3)C[C@H]2CC#N)cc1. The fourth-order valence-corrected chi connectivity index (χ4v) is 23.5. The van der Waals surface area contributed by atoms with E-state index in [0.29, 0.717) is 69.2 Å². The van der Waals surface area contributed by atoms with Crippen LogP contribution in [0, 0.1) is 45.3 Å². The van der Waals surface area contributed by atoms with Gasteiger partial charge in [0.1, 0.15) is 16.8 Å². The van der Waals surface area contributed by atoms with Gasteiger partial charge in [0, 0.05) is 101 Å². The summed E-state index contributed by atoms with van der Waals surface area (Å²) in [4.78, 5) is 8.32. The van der Waals surface area contributed by atoms with E-state index in [2.05, 4.69) is 43.9 Å². The van der Waals surface area contributed by atoms with E-state index >= 15 is 0 Å². The second-order valence-corrected chi connectivity index (χ2v) is 40.9. The van der Waals surface area contributed by atoms with E-state index in [-0.39, 0.29) is 76.0 Å². The molecule has 1 unspecified atom stereocenters. The summed E-state index contributed by atoms with van der Waals surface area (Å²) >= 11 is 4.83. The van der Waals surface area contributed by atoms with Gasteiger partial charge in [-0.15, -0.1) is 45.3 Å². The Morgan fingerprint density at radius 2 is 0.491 bits per heavy atom. The Morgan fingerprint density at radius 1 is 0.315 bits per heavy atom. The standard InChI is InChI=1S/4C19H23N3O3S2/c4*1-19(2,23)15-5-7-16(8-6-15)22-12-11-21(14-17(22)9-10-20)27(24,25)18-4-3-13-26-18/h4*3-8,13,17,23H,9,11-12,14H2,1-2H3/t3*17-;/m110./s1. The zero-order valence-corrected chi connectivity index (χ0v) is 68.0. The van der Waals surface area contributed by atoms with Crippen LogP contribution in [0.25, 0.3) is 0 Å². The van der Waals surface area contributed by atoms with Crippen LogP contribution >= 0.6 is 45.3 Å². The van der Waals surface area contributed by atoms with Crippen molar-refractivity contribution in [2.75, 3.05) is 98.1 Å². The number of benzene rings is 4. The minimum absolute atomic E-state index is 0.216. The molecule has 0 bridgehead atoms.